The summed E-state index contributed by atoms with van der Waals surface area (Å²) in [7, 11) is 1.50. The number of likely N-dealkylation sites (N-methyl/N-ethyl adjacent to an activating group) is 1. The summed E-state index contributed by atoms with van der Waals surface area (Å²) >= 11 is 0. The average Bonchev–Trinajstić information content (AvgIpc) is 2.56. The number of carbonyl (C=O) groups excluding carboxylic acids is 3. The molecule has 0 aromatic carbocycles. The Kier molecular flexibility index (Phi) is 4.45. The number of rotatable bonds is 4. The van der Waals surface area contributed by atoms with Crippen molar-refractivity contribution in [2.24, 2.45) is 5.92 Å². The standard InChI is InChI=1S/C10H17N3O4/c1-6-3-7(4-8(14)12-17)10(16)13(6)5-9(15)11-2/h6-7,17H,3-5H2,1-2H3,(H,11,15)(H,12,14). The minimum Gasteiger partial charge on any atom is -0.358 e. The predicted molar refractivity (Wildman–Crippen MR) is 57.9 cm³/mol. The van der Waals surface area contributed by atoms with E-state index >= 15 is 0 Å². The number of carbonyl (C=O) groups is 3. The maximum atomic E-state index is 11.9. The number of hydrogen-bond acceptors (Lipinski definition) is 4. The molecule has 0 spiro atoms. The lowest BCUT2D eigenvalue weighted by molar-refractivity contribution is -0.139. The van der Waals surface area contributed by atoms with Crippen LogP contribution in [-0.2, 0) is 14.4 Å². The summed E-state index contributed by atoms with van der Waals surface area (Å²) in [6.07, 6.45) is 0.465. The van der Waals surface area contributed by atoms with E-state index in [1.54, 1.807) is 0 Å². The first-order valence-corrected chi connectivity index (χ1v) is 5.43. The molecule has 3 amide bonds. The molecule has 0 aromatic heterocycles. The van der Waals surface area contributed by atoms with E-state index in [1.807, 2.05) is 6.92 Å². The van der Waals surface area contributed by atoms with Crippen LogP contribution in [0.2, 0.25) is 0 Å². The molecular formula is C10H17N3O4. The van der Waals surface area contributed by atoms with Crippen LogP contribution in [0.3, 0.4) is 0 Å². The molecule has 3 N–H and O–H groups in total. The molecule has 1 rings (SSSR count). The molecule has 1 fully saturated rings. The van der Waals surface area contributed by atoms with Gasteiger partial charge in [0.1, 0.15) is 0 Å². The Hall–Kier alpha value is -1.63. The van der Waals surface area contributed by atoms with Crippen molar-refractivity contribution in [2.75, 3.05) is 13.6 Å². The van der Waals surface area contributed by atoms with Crippen molar-refractivity contribution in [3.8, 4) is 0 Å². The molecule has 0 aliphatic carbocycles. The van der Waals surface area contributed by atoms with E-state index in [0.29, 0.717) is 6.42 Å². The highest BCUT2D eigenvalue weighted by Crippen LogP contribution is 2.26. The summed E-state index contributed by atoms with van der Waals surface area (Å²) < 4.78 is 0. The van der Waals surface area contributed by atoms with Gasteiger partial charge in [-0.2, -0.15) is 0 Å². The molecule has 0 aromatic rings. The molecule has 1 aliphatic heterocycles. The molecule has 0 bridgehead atoms. The highest BCUT2D eigenvalue weighted by molar-refractivity contribution is 5.90. The van der Waals surface area contributed by atoms with Crippen molar-refractivity contribution in [1.29, 1.82) is 0 Å². The third-order valence-corrected chi connectivity index (χ3v) is 2.94. The summed E-state index contributed by atoms with van der Waals surface area (Å²) in [4.78, 5) is 35.6. The molecule has 0 radical (unpaired) electrons. The summed E-state index contributed by atoms with van der Waals surface area (Å²) in [5.41, 5.74) is 1.51. The molecule has 1 heterocycles. The van der Waals surface area contributed by atoms with Crippen LogP contribution in [0.5, 0.6) is 0 Å². The molecule has 96 valence electrons. The van der Waals surface area contributed by atoms with Gasteiger partial charge in [0, 0.05) is 25.4 Å². The largest absolute Gasteiger partial charge is 0.358 e. The second-order valence-corrected chi connectivity index (χ2v) is 4.16. The van der Waals surface area contributed by atoms with E-state index in [-0.39, 0.29) is 30.8 Å². The normalized spacial score (nSPS) is 23.7. The number of nitrogens with zero attached hydrogens (tertiary/aromatic N) is 1. The quantitative estimate of drug-likeness (QED) is 0.429. The Morgan fingerprint density at radius 3 is 2.65 bits per heavy atom. The van der Waals surface area contributed by atoms with Crippen molar-refractivity contribution in [2.45, 2.75) is 25.8 Å². The van der Waals surface area contributed by atoms with Crippen molar-refractivity contribution < 1.29 is 19.6 Å². The second kappa shape index (κ2) is 5.62. The van der Waals surface area contributed by atoms with Gasteiger partial charge in [0.15, 0.2) is 0 Å². The minimum absolute atomic E-state index is 0.00768. The van der Waals surface area contributed by atoms with Crippen LogP contribution in [0, 0.1) is 5.92 Å². The fraction of sp³-hybridized carbons (Fsp3) is 0.700. The number of amides is 3. The van der Waals surface area contributed by atoms with Gasteiger partial charge >= 0.3 is 0 Å². The van der Waals surface area contributed by atoms with Gasteiger partial charge in [0.05, 0.1) is 6.54 Å². The van der Waals surface area contributed by atoms with Crippen LogP contribution >= 0.6 is 0 Å². The maximum absolute atomic E-state index is 11.9. The van der Waals surface area contributed by atoms with E-state index in [9.17, 15) is 14.4 Å². The number of hydrogen-bond donors (Lipinski definition) is 3. The Balaban J connectivity index is 2.61. The van der Waals surface area contributed by atoms with Gasteiger partial charge in [-0.1, -0.05) is 0 Å². The van der Waals surface area contributed by atoms with Gasteiger partial charge in [-0.3, -0.25) is 19.6 Å². The highest BCUT2D eigenvalue weighted by atomic mass is 16.5. The van der Waals surface area contributed by atoms with Crippen LogP contribution in [0.4, 0.5) is 0 Å². The lowest BCUT2D eigenvalue weighted by Gasteiger charge is -2.20. The first-order valence-electron chi connectivity index (χ1n) is 5.43. The van der Waals surface area contributed by atoms with Crippen LogP contribution in [-0.4, -0.2) is 47.5 Å². The number of nitrogens with one attached hydrogen (secondary N) is 2. The summed E-state index contributed by atoms with van der Waals surface area (Å²) in [6, 6.07) is -0.0729. The predicted octanol–water partition coefficient (Wildman–Crippen LogP) is -1.14. The van der Waals surface area contributed by atoms with Crippen LogP contribution in [0.1, 0.15) is 19.8 Å². The van der Waals surface area contributed by atoms with Crippen molar-refractivity contribution in [3.63, 3.8) is 0 Å². The highest BCUT2D eigenvalue weighted by Gasteiger charge is 2.38. The third kappa shape index (κ3) is 3.16. The van der Waals surface area contributed by atoms with Crippen LogP contribution in [0.15, 0.2) is 0 Å². The molecule has 7 heteroatoms. The smallest absolute Gasteiger partial charge is 0.244 e. The SMILES string of the molecule is CNC(=O)CN1C(=O)C(CC(=O)NO)CC1C. The Morgan fingerprint density at radius 2 is 2.12 bits per heavy atom. The van der Waals surface area contributed by atoms with Gasteiger partial charge in [0.25, 0.3) is 0 Å². The zero-order valence-corrected chi connectivity index (χ0v) is 9.90. The van der Waals surface area contributed by atoms with Gasteiger partial charge < -0.3 is 10.2 Å². The van der Waals surface area contributed by atoms with E-state index in [1.165, 1.54) is 17.4 Å². The lowest BCUT2D eigenvalue weighted by atomic mass is 10.0. The summed E-state index contributed by atoms with van der Waals surface area (Å²) in [5.74, 6) is -1.50. The molecule has 1 aliphatic rings. The van der Waals surface area contributed by atoms with E-state index in [4.69, 9.17) is 5.21 Å². The first kappa shape index (κ1) is 13.4. The Labute approximate surface area is 99.1 Å². The first-order chi connectivity index (χ1) is 7.99. The molecule has 2 atom stereocenters. The van der Waals surface area contributed by atoms with E-state index in [2.05, 4.69) is 5.32 Å². The Morgan fingerprint density at radius 1 is 1.47 bits per heavy atom. The van der Waals surface area contributed by atoms with E-state index < -0.39 is 11.8 Å². The van der Waals surface area contributed by atoms with Gasteiger partial charge in [0.2, 0.25) is 17.7 Å². The second-order valence-electron chi connectivity index (χ2n) is 4.16. The van der Waals surface area contributed by atoms with Gasteiger partial charge in [-0.15, -0.1) is 0 Å². The van der Waals surface area contributed by atoms with Gasteiger partial charge in [-0.05, 0) is 13.3 Å². The zero-order chi connectivity index (χ0) is 13.0. The number of hydroxylamine groups is 1. The lowest BCUT2D eigenvalue weighted by Crippen LogP contribution is -2.40. The zero-order valence-electron chi connectivity index (χ0n) is 9.90. The fourth-order valence-corrected chi connectivity index (χ4v) is 2.00. The maximum Gasteiger partial charge on any atom is 0.244 e. The molecule has 17 heavy (non-hydrogen) atoms. The van der Waals surface area contributed by atoms with Crippen LogP contribution < -0.4 is 10.8 Å². The monoisotopic (exact) mass is 243 g/mol. The average molecular weight is 243 g/mol. The fourth-order valence-electron chi connectivity index (χ4n) is 2.00. The van der Waals surface area contributed by atoms with Crippen molar-refractivity contribution in [3.05, 3.63) is 0 Å². The van der Waals surface area contributed by atoms with Crippen molar-refractivity contribution >= 4 is 17.7 Å². The van der Waals surface area contributed by atoms with Gasteiger partial charge in [-0.25, -0.2) is 5.48 Å². The summed E-state index contributed by atoms with van der Waals surface area (Å²) in [6.45, 7) is 1.84. The molecular weight excluding hydrogens is 226 g/mol. The molecule has 7 nitrogen and oxygen atoms in total. The van der Waals surface area contributed by atoms with Crippen LogP contribution in [0.25, 0.3) is 0 Å². The van der Waals surface area contributed by atoms with E-state index in [0.717, 1.165) is 0 Å². The molecule has 0 saturated carbocycles. The summed E-state index contributed by atoms with van der Waals surface area (Å²) in [5, 5.41) is 10.9. The third-order valence-electron chi connectivity index (χ3n) is 2.94. The topological polar surface area (TPSA) is 98.7 Å². The Bertz CT molecular complexity index is 332. The minimum atomic E-state index is -0.586. The van der Waals surface area contributed by atoms with Crippen molar-refractivity contribution in [1.82, 2.24) is 15.7 Å². The number of likely N-dealkylation sites (tertiary alicyclic amines) is 1. The molecule has 1 saturated heterocycles. The molecule has 2 unspecified atom stereocenters.